The van der Waals surface area contributed by atoms with Gasteiger partial charge in [0, 0.05) is 18.4 Å². The number of nitrogen functional groups attached to an aromatic ring is 1. The molecule has 82 valence electrons. The van der Waals surface area contributed by atoms with Crippen LogP contribution in [0.15, 0.2) is 36.0 Å². The van der Waals surface area contributed by atoms with Crippen molar-refractivity contribution in [3.05, 3.63) is 40.8 Å². The van der Waals surface area contributed by atoms with Crippen molar-refractivity contribution in [1.29, 1.82) is 0 Å². The van der Waals surface area contributed by atoms with E-state index in [1.165, 1.54) is 11.3 Å². The summed E-state index contributed by atoms with van der Waals surface area (Å²) in [6, 6.07) is 7.17. The van der Waals surface area contributed by atoms with Crippen molar-refractivity contribution in [2.75, 3.05) is 17.7 Å². The van der Waals surface area contributed by atoms with Crippen LogP contribution in [0.4, 0.5) is 11.4 Å². The van der Waals surface area contributed by atoms with Crippen LogP contribution in [0.1, 0.15) is 9.67 Å². The highest BCUT2D eigenvalue weighted by atomic mass is 32.1. The molecule has 0 aliphatic carbocycles. The molecule has 2 aromatic rings. The first-order valence-electron chi connectivity index (χ1n) is 4.70. The van der Waals surface area contributed by atoms with Gasteiger partial charge in [-0.05, 0) is 24.3 Å². The van der Waals surface area contributed by atoms with Gasteiger partial charge in [0.25, 0.3) is 5.91 Å². The first-order chi connectivity index (χ1) is 7.68. The zero-order valence-corrected chi connectivity index (χ0v) is 9.57. The molecule has 0 bridgehead atoms. The molecule has 0 aliphatic heterocycles. The molecular weight excluding hydrogens is 222 g/mol. The number of nitrogens with two attached hydrogens (primary N) is 1. The summed E-state index contributed by atoms with van der Waals surface area (Å²) >= 11 is 1.33. The van der Waals surface area contributed by atoms with Crippen molar-refractivity contribution >= 4 is 28.6 Å². The van der Waals surface area contributed by atoms with E-state index in [0.717, 1.165) is 5.69 Å². The second-order valence-electron chi connectivity index (χ2n) is 3.32. The lowest BCUT2D eigenvalue weighted by atomic mass is 10.2. The number of carbonyl (C=O) groups is 1. The number of thiazole rings is 1. The van der Waals surface area contributed by atoms with Crippen molar-refractivity contribution in [2.24, 2.45) is 0 Å². The van der Waals surface area contributed by atoms with Crippen LogP contribution in [-0.2, 0) is 0 Å². The molecule has 4 nitrogen and oxygen atoms in total. The predicted octanol–water partition coefficient (Wildman–Crippen LogP) is 2.00. The van der Waals surface area contributed by atoms with Crippen molar-refractivity contribution in [3.63, 3.8) is 0 Å². The number of hydrogen-bond acceptors (Lipinski definition) is 4. The minimum absolute atomic E-state index is 0.0627. The van der Waals surface area contributed by atoms with E-state index in [1.807, 2.05) is 12.1 Å². The summed E-state index contributed by atoms with van der Waals surface area (Å²) in [7, 11) is 1.73. The largest absolute Gasteiger partial charge is 0.399 e. The fourth-order valence-corrected chi connectivity index (χ4v) is 1.90. The van der Waals surface area contributed by atoms with Crippen LogP contribution in [0.25, 0.3) is 0 Å². The van der Waals surface area contributed by atoms with E-state index >= 15 is 0 Å². The average Bonchev–Trinajstić information content (AvgIpc) is 2.81. The zero-order valence-electron chi connectivity index (χ0n) is 8.75. The Morgan fingerprint density at radius 3 is 2.62 bits per heavy atom. The van der Waals surface area contributed by atoms with Crippen LogP contribution >= 0.6 is 11.3 Å². The Kier molecular flexibility index (Phi) is 2.87. The maximum Gasteiger partial charge on any atom is 0.269 e. The third-order valence-electron chi connectivity index (χ3n) is 2.23. The van der Waals surface area contributed by atoms with E-state index in [4.69, 9.17) is 5.73 Å². The molecule has 0 atom stereocenters. The molecule has 0 unspecified atom stereocenters. The fraction of sp³-hybridized carbons (Fsp3) is 0.0909. The zero-order chi connectivity index (χ0) is 11.5. The van der Waals surface area contributed by atoms with Crippen molar-refractivity contribution in [1.82, 2.24) is 4.98 Å². The van der Waals surface area contributed by atoms with Crippen LogP contribution in [0, 0.1) is 0 Å². The number of carbonyl (C=O) groups excluding carboxylic acids is 1. The lowest BCUT2D eigenvalue weighted by Gasteiger charge is -2.16. The van der Waals surface area contributed by atoms with E-state index < -0.39 is 0 Å². The van der Waals surface area contributed by atoms with Crippen molar-refractivity contribution < 1.29 is 4.79 Å². The van der Waals surface area contributed by atoms with Crippen LogP contribution < -0.4 is 10.6 Å². The molecule has 1 amide bonds. The van der Waals surface area contributed by atoms with Crippen LogP contribution in [0.2, 0.25) is 0 Å². The topological polar surface area (TPSA) is 59.2 Å². The molecular formula is C11H11N3OS. The van der Waals surface area contributed by atoms with Gasteiger partial charge in [0.2, 0.25) is 0 Å². The lowest BCUT2D eigenvalue weighted by molar-refractivity contribution is 0.0996. The molecule has 0 spiro atoms. The molecule has 2 N–H and O–H groups in total. The highest BCUT2D eigenvalue weighted by Gasteiger charge is 2.14. The van der Waals surface area contributed by atoms with E-state index in [1.54, 1.807) is 35.8 Å². The summed E-state index contributed by atoms with van der Waals surface area (Å²) in [5.41, 5.74) is 8.72. The number of hydrogen-bond donors (Lipinski definition) is 1. The molecule has 2 rings (SSSR count). The third-order valence-corrected chi connectivity index (χ3v) is 2.99. The van der Waals surface area contributed by atoms with Gasteiger partial charge in [0.1, 0.15) is 4.88 Å². The monoisotopic (exact) mass is 233 g/mol. The number of rotatable bonds is 2. The average molecular weight is 233 g/mol. The summed E-state index contributed by atoms with van der Waals surface area (Å²) in [6.45, 7) is 0. The van der Waals surface area contributed by atoms with Crippen LogP contribution in [0.3, 0.4) is 0 Å². The Bertz CT molecular complexity index is 478. The van der Waals surface area contributed by atoms with E-state index in [9.17, 15) is 4.79 Å². The summed E-state index contributed by atoms with van der Waals surface area (Å²) in [5.74, 6) is -0.0627. The summed E-state index contributed by atoms with van der Waals surface area (Å²) in [6.07, 6.45) is 1.57. The third kappa shape index (κ3) is 2.04. The Labute approximate surface area is 97.3 Å². The summed E-state index contributed by atoms with van der Waals surface area (Å²) in [4.78, 5) is 18.0. The molecule has 0 saturated carbocycles. The van der Waals surface area contributed by atoms with Gasteiger partial charge in [-0.2, -0.15) is 0 Å². The van der Waals surface area contributed by atoms with Gasteiger partial charge in [-0.3, -0.25) is 9.78 Å². The van der Waals surface area contributed by atoms with Crippen LogP contribution in [-0.4, -0.2) is 17.9 Å². The number of anilines is 2. The van der Waals surface area contributed by atoms with Gasteiger partial charge < -0.3 is 10.6 Å². The van der Waals surface area contributed by atoms with E-state index in [-0.39, 0.29) is 5.91 Å². The first-order valence-corrected chi connectivity index (χ1v) is 5.58. The number of amides is 1. The molecule has 1 heterocycles. The van der Waals surface area contributed by atoms with E-state index in [0.29, 0.717) is 10.6 Å². The van der Waals surface area contributed by atoms with Gasteiger partial charge in [-0.15, -0.1) is 11.3 Å². The second-order valence-corrected chi connectivity index (χ2v) is 4.21. The molecule has 1 aromatic heterocycles. The Balaban J connectivity index is 2.22. The summed E-state index contributed by atoms with van der Waals surface area (Å²) in [5, 5.41) is 0. The molecule has 0 saturated heterocycles. The minimum atomic E-state index is -0.0627. The number of nitrogens with zero attached hydrogens (tertiary/aromatic N) is 2. The smallest absolute Gasteiger partial charge is 0.269 e. The van der Waals surface area contributed by atoms with Crippen molar-refractivity contribution in [3.8, 4) is 0 Å². The SMILES string of the molecule is CN(C(=O)c1cncs1)c1ccc(N)cc1. The molecule has 0 fully saturated rings. The highest BCUT2D eigenvalue weighted by molar-refractivity contribution is 7.11. The Morgan fingerprint density at radius 1 is 1.38 bits per heavy atom. The van der Waals surface area contributed by atoms with Gasteiger partial charge in [-0.25, -0.2) is 0 Å². The second kappa shape index (κ2) is 4.32. The first kappa shape index (κ1) is 10.6. The molecule has 0 aliphatic rings. The lowest BCUT2D eigenvalue weighted by Crippen LogP contribution is -2.25. The Hall–Kier alpha value is -1.88. The van der Waals surface area contributed by atoms with E-state index in [2.05, 4.69) is 4.98 Å². The van der Waals surface area contributed by atoms with Gasteiger partial charge >= 0.3 is 0 Å². The Morgan fingerprint density at radius 2 is 2.06 bits per heavy atom. The fourth-order valence-electron chi connectivity index (χ4n) is 1.30. The quantitative estimate of drug-likeness (QED) is 0.807. The minimum Gasteiger partial charge on any atom is -0.399 e. The van der Waals surface area contributed by atoms with Gasteiger partial charge in [-0.1, -0.05) is 0 Å². The molecule has 5 heteroatoms. The maximum absolute atomic E-state index is 12.0. The predicted molar refractivity (Wildman–Crippen MR) is 65.7 cm³/mol. The normalized spacial score (nSPS) is 10.1. The maximum atomic E-state index is 12.0. The van der Waals surface area contributed by atoms with Gasteiger partial charge in [0.15, 0.2) is 0 Å². The van der Waals surface area contributed by atoms with Gasteiger partial charge in [0.05, 0.1) is 11.7 Å². The standard InChI is InChI=1S/C11H11N3OS/c1-14(9-4-2-8(12)3-5-9)11(15)10-6-13-7-16-10/h2-7H,12H2,1H3. The number of benzene rings is 1. The highest BCUT2D eigenvalue weighted by Crippen LogP contribution is 2.18. The summed E-state index contributed by atoms with van der Waals surface area (Å²) < 4.78 is 0. The van der Waals surface area contributed by atoms with Crippen molar-refractivity contribution in [2.45, 2.75) is 0 Å². The van der Waals surface area contributed by atoms with Crippen LogP contribution in [0.5, 0.6) is 0 Å². The molecule has 1 aromatic carbocycles. The molecule has 16 heavy (non-hydrogen) atoms. The molecule has 0 radical (unpaired) electrons. The number of aromatic nitrogens is 1.